The number of hydrogen-bond acceptors (Lipinski definition) is 3. The van der Waals surface area contributed by atoms with Crippen molar-refractivity contribution in [2.75, 3.05) is 13.2 Å². The van der Waals surface area contributed by atoms with Gasteiger partial charge in [0.15, 0.2) is 0 Å². The van der Waals surface area contributed by atoms with Crippen LogP contribution in [0.4, 0.5) is 5.69 Å². The van der Waals surface area contributed by atoms with Crippen LogP contribution in [0.2, 0.25) is 0 Å². The molecule has 3 heteroatoms. The van der Waals surface area contributed by atoms with Crippen LogP contribution in [0.1, 0.15) is 64.4 Å². The molecule has 0 saturated carbocycles. The highest BCUT2D eigenvalue weighted by Gasteiger charge is 1.96. The third-order valence-electron chi connectivity index (χ3n) is 4.41. The van der Waals surface area contributed by atoms with Crippen molar-refractivity contribution in [1.82, 2.24) is 0 Å². The molecule has 27 heavy (non-hydrogen) atoms. The minimum absolute atomic E-state index is 0.681. The number of hydrogen-bond donors (Lipinski definition) is 0. The SMILES string of the molecule is CCCCCCCCCOc1ccc(N=Cc2ccc(OCC)cc2)cc1. The summed E-state index contributed by atoms with van der Waals surface area (Å²) >= 11 is 0. The molecule has 0 aliphatic heterocycles. The van der Waals surface area contributed by atoms with Crippen molar-refractivity contribution in [2.45, 2.75) is 58.8 Å². The molecule has 0 aliphatic rings. The molecule has 0 heterocycles. The van der Waals surface area contributed by atoms with E-state index >= 15 is 0 Å². The monoisotopic (exact) mass is 367 g/mol. The van der Waals surface area contributed by atoms with Gasteiger partial charge in [-0.25, -0.2) is 0 Å². The molecule has 0 spiro atoms. The average Bonchev–Trinajstić information content (AvgIpc) is 2.70. The molecule has 0 radical (unpaired) electrons. The number of nitrogens with zero attached hydrogens (tertiary/aromatic N) is 1. The summed E-state index contributed by atoms with van der Waals surface area (Å²) in [6.45, 7) is 5.71. The Morgan fingerprint density at radius 2 is 1.30 bits per heavy atom. The highest BCUT2D eigenvalue weighted by Crippen LogP contribution is 2.19. The van der Waals surface area contributed by atoms with E-state index in [2.05, 4.69) is 11.9 Å². The predicted octanol–water partition coefficient (Wildman–Crippen LogP) is 6.97. The number of unbranched alkanes of at least 4 members (excludes halogenated alkanes) is 6. The van der Waals surface area contributed by atoms with Gasteiger partial charge in [-0.3, -0.25) is 4.99 Å². The van der Waals surface area contributed by atoms with E-state index in [-0.39, 0.29) is 0 Å². The van der Waals surface area contributed by atoms with E-state index in [4.69, 9.17) is 9.47 Å². The second-order valence-electron chi connectivity index (χ2n) is 6.72. The lowest BCUT2D eigenvalue weighted by Gasteiger charge is -2.06. The molecule has 2 rings (SSSR count). The van der Waals surface area contributed by atoms with Gasteiger partial charge in [-0.2, -0.15) is 0 Å². The summed E-state index contributed by atoms with van der Waals surface area (Å²) in [6.07, 6.45) is 11.0. The van der Waals surface area contributed by atoms with Crippen molar-refractivity contribution >= 4 is 11.9 Å². The van der Waals surface area contributed by atoms with Gasteiger partial charge in [-0.1, -0.05) is 45.4 Å². The maximum Gasteiger partial charge on any atom is 0.119 e. The molecule has 0 amide bonds. The van der Waals surface area contributed by atoms with Crippen LogP contribution in [0, 0.1) is 0 Å². The summed E-state index contributed by atoms with van der Waals surface area (Å²) in [5.74, 6) is 1.80. The highest BCUT2D eigenvalue weighted by molar-refractivity contribution is 5.82. The van der Waals surface area contributed by atoms with E-state index < -0.39 is 0 Å². The van der Waals surface area contributed by atoms with E-state index in [1.165, 1.54) is 38.5 Å². The summed E-state index contributed by atoms with van der Waals surface area (Å²) in [7, 11) is 0. The van der Waals surface area contributed by atoms with Crippen molar-refractivity contribution in [2.24, 2.45) is 4.99 Å². The van der Waals surface area contributed by atoms with Crippen LogP contribution in [-0.4, -0.2) is 19.4 Å². The predicted molar refractivity (Wildman–Crippen MR) is 115 cm³/mol. The Morgan fingerprint density at radius 1 is 0.704 bits per heavy atom. The molecular weight excluding hydrogens is 334 g/mol. The standard InChI is InChI=1S/C24H33NO2/c1-3-5-6-7-8-9-10-19-27-24-17-13-22(14-18-24)25-20-21-11-15-23(16-12-21)26-4-2/h11-18,20H,3-10,19H2,1-2H3. The molecule has 0 saturated heterocycles. The molecule has 2 aromatic rings. The minimum atomic E-state index is 0.681. The van der Waals surface area contributed by atoms with Gasteiger partial charge in [0.05, 0.1) is 18.9 Å². The maximum atomic E-state index is 5.82. The molecular formula is C24H33NO2. The molecule has 0 aromatic heterocycles. The van der Waals surface area contributed by atoms with Gasteiger partial charge in [0.25, 0.3) is 0 Å². The van der Waals surface area contributed by atoms with Crippen LogP contribution in [0.3, 0.4) is 0 Å². The van der Waals surface area contributed by atoms with E-state index in [0.717, 1.165) is 35.8 Å². The number of aliphatic imine (C=N–C) groups is 1. The zero-order valence-electron chi connectivity index (χ0n) is 16.8. The molecule has 2 aromatic carbocycles. The Balaban J connectivity index is 1.68. The summed E-state index contributed by atoms with van der Waals surface area (Å²) in [6, 6.07) is 15.9. The van der Waals surface area contributed by atoms with Crippen LogP contribution < -0.4 is 9.47 Å². The Bertz CT molecular complexity index is 647. The summed E-state index contributed by atoms with van der Waals surface area (Å²) in [5.41, 5.74) is 1.98. The Labute approximate surface area is 164 Å². The van der Waals surface area contributed by atoms with Gasteiger partial charge in [0.1, 0.15) is 11.5 Å². The molecule has 146 valence electrons. The number of rotatable bonds is 13. The Kier molecular flexibility index (Phi) is 10.1. The molecule has 0 fully saturated rings. The van der Waals surface area contributed by atoms with Gasteiger partial charge < -0.3 is 9.47 Å². The molecule has 0 unspecified atom stereocenters. The fourth-order valence-electron chi connectivity index (χ4n) is 2.84. The summed E-state index contributed by atoms with van der Waals surface area (Å²) < 4.78 is 11.3. The zero-order valence-corrected chi connectivity index (χ0v) is 16.8. The Hall–Kier alpha value is -2.29. The van der Waals surface area contributed by atoms with Crippen LogP contribution in [-0.2, 0) is 0 Å². The first-order valence-electron chi connectivity index (χ1n) is 10.3. The lowest BCUT2D eigenvalue weighted by atomic mass is 10.1. The largest absolute Gasteiger partial charge is 0.494 e. The average molecular weight is 368 g/mol. The van der Waals surface area contributed by atoms with Crippen molar-refractivity contribution in [3.8, 4) is 11.5 Å². The van der Waals surface area contributed by atoms with E-state index in [9.17, 15) is 0 Å². The molecule has 0 aliphatic carbocycles. The first-order valence-corrected chi connectivity index (χ1v) is 10.3. The fraction of sp³-hybridized carbons (Fsp3) is 0.458. The van der Waals surface area contributed by atoms with E-state index in [1.807, 2.05) is 61.7 Å². The van der Waals surface area contributed by atoms with Crippen molar-refractivity contribution in [1.29, 1.82) is 0 Å². The first kappa shape index (κ1) is 21.0. The van der Waals surface area contributed by atoms with Crippen LogP contribution in [0.5, 0.6) is 11.5 Å². The van der Waals surface area contributed by atoms with Gasteiger partial charge in [-0.15, -0.1) is 0 Å². The minimum Gasteiger partial charge on any atom is -0.494 e. The van der Waals surface area contributed by atoms with Gasteiger partial charge in [-0.05, 0) is 67.4 Å². The summed E-state index contributed by atoms with van der Waals surface area (Å²) in [5, 5.41) is 0. The van der Waals surface area contributed by atoms with E-state index in [1.54, 1.807) is 0 Å². The third kappa shape index (κ3) is 8.76. The Morgan fingerprint density at radius 3 is 1.96 bits per heavy atom. The van der Waals surface area contributed by atoms with Crippen LogP contribution in [0.25, 0.3) is 0 Å². The smallest absolute Gasteiger partial charge is 0.119 e. The lowest BCUT2D eigenvalue weighted by molar-refractivity contribution is 0.304. The zero-order chi connectivity index (χ0) is 19.2. The number of benzene rings is 2. The second-order valence-corrected chi connectivity index (χ2v) is 6.72. The van der Waals surface area contributed by atoms with Crippen LogP contribution >= 0.6 is 0 Å². The third-order valence-corrected chi connectivity index (χ3v) is 4.41. The summed E-state index contributed by atoms with van der Waals surface area (Å²) in [4.78, 5) is 4.52. The topological polar surface area (TPSA) is 30.8 Å². The quantitative estimate of drug-likeness (QED) is 0.283. The molecule has 0 atom stereocenters. The molecule has 0 bridgehead atoms. The first-order chi connectivity index (χ1) is 13.3. The van der Waals surface area contributed by atoms with Crippen molar-refractivity contribution in [3.05, 3.63) is 54.1 Å². The normalized spacial score (nSPS) is 11.0. The van der Waals surface area contributed by atoms with E-state index in [0.29, 0.717) is 6.61 Å². The van der Waals surface area contributed by atoms with Crippen LogP contribution in [0.15, 0.2) is 53.5 Å². The lowest BCUT2D eigenvalue weighted by Crippen LogP contribution is -1.96. The van der Waals surface area contributed by atoms with Gasteiger partial charge in [0, 0.05) is 6.21 Å². The molecule has 3 nitrogen and oxygen atoms in total. The van der Waals surface area contributed by atoms with Crippen molar-refractivity contribution < 1.29 is 9.47 Å². The van der Waals surface area contributed by atoms with Crippen molar-refractivity contribution in [3.63, 3.8) is 0 Å². The van der Waals surface area contributed by atoms with Gasteiger partial charge in [0.2, 0.25) is 0 Å². The number of ether oxygens (including phenoxy) is 2. The maximum absolute atomic E-state index is 5.82. The van der Waals surface area contributed by atoms with Gasteiger partial charge >= 0.3 is 0 Å². The molecule has 0 N–H and O–H groups in total. The highest BCUT2D eigenvalue weighted by atomic mass is 16.5. The second kappa shape index (κ2) is 13.0. The fourth-order valence-corrected chi connectivity index (χ4v) is 2.84.